The summed E-state index contributed by atoms with van der Waals surface area (Å²) in [5.74, 6) is -0.372. The number of nitrogen functional groups attached to an aromatic ring is 1. The van der Waals surface area contributed by atoms with E-state index in [0.29, 0.717) is 30.0 Å². The molecule has 0 fully saturated rings. The molecule has 0 aromatic heterocycles. The second kappa shape index (κ2) is 8.07. The zero-order valence-corrected chi connectivity index (χ0v) is 16.5. The van der Waals surface area contributed by atoms with Gasteiger partial charge in [-0.25, -0.2) is 8.42 Å². The minimum absolute atomic E-state index is 0.0371. The quantitative estimate of drug-likeness (QED) is 0.732. The summed E-state index contributed by atoms with van der Waals surface area (Å²) in [5.41, 5.74) is 7.74. The van der Waals surface area contributed by atoms with E-state index in [2.05, 4.69) is 5.32 Å². The third kappa shape index (κ3) is 4.17. The lowest BCUT2D eigenvalue weighted by Gasteiger charge is -2.20. The molecule has 0 bridgehead atoms. The molecule has 0 unspecified atom stereocenters. The molecule has 0 spiro atoms. The number of sulfonamides is 1. The number of hydrogen-bond acceptors (Lipinski definition) is 4. The summed E-state index contributed by atoms with van der Waals surface area (Å²) in [6.45, 7) is 5.96. The predicted molar refractivity (Wildman–Crippen MR) is 105 cm³/mol. The highest BCUT2D eigenvalue weighted by atomic mass is 35.5. The number of carbonyl (C=O) groups is 1. The van der Waals surface area contributed by atoms with Crippen molar-refractivity contribution in [3.8, 4) is 0 Å². The maximum atomic E-state index is 12.7. The Balaban J connectivity index is 2.38. The van der Waals surface area contributed by atoms with Crippen molar-refractivity contribution < 1.29 is 13.2 Å². The summed E-state index contributed by atoms with van der Waals surface area (Å²) in [6, 6.07) is 9.43. The van der Waals surface area contributed by atoms with Crippen LogP contribution in [0.3, 0.4) is 0 Å². The summed E-state index contributed by atoms with van der Waals surface area (Å²) >= 11 is 6.10. The second-order valence-electron chi connectivity index (χ2n) is 5.76. The van der Waals surface area contributed by atoms with Gasteiger partial charge in [-0.05, 0) is 42.8 Å². The van der Waals surface area contributed by atoms with Crippen molar-refractivity contribution in [1.82, 2.24) is 4.31 Å². The Bertz CT molecular complexity index is 925. The third-order valence-corrected chi connectivity index (χ3v) is 6.55. The van der Waals surface area contributed by atoms with Crippen LogP contribution in [0, 0.1) is 6.92 Å². The van der Waals surface area contributed by atoms with Gasteiger partial charge in [-0.2, -0.15) is 4.31 Å². The lowest BCUT2D eigenvalue weighted by Crippen LogP contribution is -2.30. The van der Waals surface area contributed by atoms with Gasteiger partial charge in [0.05, 0.1) is 5.02 Å². The van der Waals surface area contributed by atoms with E-state index in [0.717, 1.165) is 5.56 Å². The zero-order valence-electron chi connectivity index (χ0n) is 14.9. The van der Waals surface area contributed by atoms with Crippen LogP contribution in [0.4, 0.5) is 11.4 Å². The molecular formula is C18H22ClN3O3S. The molecule has 0 atom stereocenters. The smallest absolute Gasteiger partial charge is 0.256 e. The molecule has 1 amide bonds. The molecule has 2 rings (SSSR count). The van der Waals surface area contributed by atoms with E-state index in [-0.39, 0.29) is 15.8 Å². The van der Waals surface area contributed by atoms with Crippen LogP contribution in [0.15, 0.2) is 41.3 Å². The van der Waals surface area contributed by atoms with E-state index < -0.39 is 10.0 Å². The van der Waals surface area contributed by atoms with Crippen molar-refractivity contribution in [2.45, 2.75) is 25.7 Å². The number of halogens is 1. The third-order valence-electron chi connectivity index (χ3n) is 4.02. The molecule has 0 aliphatic carbocycles. The summed E-state index contributed by atoms with van der Waals surface area (Å²) in [4.78, 5) is 12.5. The molecule has 2 aromatic carbocycles. The number of nitrogens with two attached hydrogens (primary N) is 1. The van der Waals surface area contributed by atoms with Gasteiger partial charge in [0.1, 0.15) is 4.90 Å². The van der Waals surface area contributed by atoms with Crippen molar-refractivity contribution in [3.05, 3.63) is 52.5 Å². The lowest BCUT2D eigenvalue weighted by atomic mass is 10.1. The van der Waals surface area contributed by atoms with E-state index in [1.54, 1.807) is 45.0 Å². The Labute approximate surface area is 159 Å². The molecular weight excluding hydrogens is 374 g/mol. The van der Waals surface area contributed by atoms with Crippen molar-refractivity contribution >= 4 is 38.9 Å². The summed E-state index contributed by atoms with van der Waals surface area (Å²) < 4.78 is 26.8. The van der Waals surface area contributed by atoms with Gasteiger partial charge in [0.15, 0.2) is 0 Å². The fraction of sp³-hybridized carbons (Fsp3) is 0.278. The number of anilines is 2. The number of benzene rings is 2. The molecule has 26 heavy (non-hydrogen) atoms. The Hall–Kier alpha value is -2.09. The number of aryl methyl sites for hydroxylation is 1. The minimum atomic E-state index is -3.74. The molecule has 3 N–H and O–H groups in total. The highest BCUT2D eigenvalue weighted by Crippen LogP contribution is 2.28. The Morgan fingerprint density at radius 1 is 1.15 bits per heavy atom. The standard InChI is InChI=1S/C18H22ClN3O3S/c1-4-22(5-2)26(24,25)17-11-14(8-9-16(17)19)21-18(23)15-10-13(20)7-6-12(15)3/h6-11H,4-5,20H2,1-3H3,(H,21,23). The molecule has 0 aliphatic heterocycles. The van der Waals surface area contributed by atoms with Crippen molar-refractivity contribution in [3.63, 3.8) is 0 Å². The molecule has 0 saturated carbocycles. The van der Waals surface area contributed by atoms with Crippen LogP contribution in [0.2, 0.25) is 5.02 Å². The van der Waals surface area contributed by atoms with Gasteiger partial charge in [-0.1, -0.05) is 31.5 Å². The van der Waals surface area contributed by atoms with Gasteiger partial charge in [0.2, 0.25) is 10.0 Å². The van der Waals surface area contributed by atoms with Crippen LogP contribution in [-0.4, -0.2) is 31.7 Å². The van der Waals surface area contributed by atoms with Crippen molar-refractivity contribution in [2.24, 2.45) is 0 Å². The normalized spacial score (nSPS) is 11.6. The fourth-order valence-electron chi connectivity index (χ4n) is 2.56. The van der Waals surface area contributed by atoms with E-state index in [9.17, 15) is 13.2 Å². The number of amides is 1. The van der Waals surface area contributed by atoms with Crippen LogP contribution < -0.4 is 11.1 Å². The SMILES string of the molecule is CCN(CC)S(=O)(=O)c1cc(NC(=O)c2cc(N)ccc2C)ccc1Cl. The average molecular weight is 396 g/mol. The van der Waals surface area contributed by atoms with Gasteiger partial charge < -0.3 is 11.1 Å². The lowest BCUT2D eigenvalue weighted by molar-refractivity contribution is 0.102. The van der Waals surface area contributed by atoms with Gasteiger partial charge in [-0.3, -0.25) is 4.79 Å². The largest absolute Gasteiger partial charge is 0.399 e. The van der Waals surface area contributed by atoms with E-state index in [1.165, 1.54) is 16.4 Å². The number of nitrogens with zero attached hydrogens (tertiary/aromatic N) is 1. The van der Waals surface area contributed by atoms with E-state index in [4.69, 9.17) is 17.3 Å². The molecule has 140 valence electrons. The first-order chi connectivity index (χ1) is 12.2. The number of rotatable bonds is 6. The molecule has 6 nitrogen and oxygen atoms in total. The second-order valence-corrected chi connectivity index (χ2v) is 8.08. The summed E-state index contributed by atoms with van der Waals surface area (Å²) in [6.07, 6.45) is 0. The minimum Gasteiger partial charge on any atom is -0.399 e. The average Bonchev–Trinajstić information content (AvgIpc) is 2.59. The van der Waals surface area contributed by atoms with Gasteiger partial charge in [0.25, 0.3) is 5.91 Å². The van der Waals surface area contributed by atoms with E-state index in [1.807, 2.05) is 0 Å². The van der Waals surface area contributed by atoms with Crippen LogP contribution in [0.1, 0.15) is 29.8 Å². The van der Waals surface area contributed by atoms with Crippen molar-refractivity contribution in [2.75, 3.05) is 24.1 Å². The number of hydrogen-bond donors (Lipinski definition) is 2. The number of nitrogens with one attached hydrogen (secondary N) is 1. The molecule has 0 aliphatic rings. The van der Waals surface area contributed by atoms with Gasteiger partial charge in [-0.15, -0.1) is 0 Å². The van der Waals surface area contributed by atoms with Crippen LogP contribution in [0.5, 0.6) is 0 Å². The summed E-state index contributed by atoms with van der Waals surface area (Å²) in [7, 11) is -3.74. The topological polar surface area (TPSA) is 92.5 Å². The molecule has 0 radical (unpaired) electrons. The molecule has 2 aromatic rings. The van der Waals surface area contributed by atoms with Gasteiger partial charge in [0, 0.05) is 30.0 Å². The first kappa shape index (κ1) is 20.2. The highest BCUT2D eigenvalue weighted by Gasteiger charge is 2.25. The van der Waals surface area contributed by atoms with Crippen LogP contribution in [-0.2, 0) is 10.0 Å². The van der Waals surface area contributed by atoms with Gasteiger partial charge >= 0.3 is 0 Å². The predicted octanol–water partition coefficient (Wildman–Crippen LogP) is 3.51. The first-order valence-corrected chi connectivity index (χ1v) is 9.99. The summed E-state index contributed by atoms with van der Waals surface area (Å²) in [5, 5.41) is 2.81. The molecule has 8 heteroatoms. The molecule has 0 heterocycles. The molecule has 0 saturated heterocycles. The van der Waals surface area contributed by atoms with Crippen molar-refractivity contribution in [1.29, 1.82) is 0 Å². The maximum absolute atomic E-state index is 12.7. The highest BCUT2D eigenvalue weighted by molar-refractivity contribution is 7.89. The first-order valence-electron chi connectivity index (χ1n) is 8.17. The van der Waals surface area contributed by atoms with Crippen LogP contribution >= 0.6 is 11.6 Å². The zero-order chi connectivity index (χ0) is 19.5. The van der Waals surface area contributed by atoms with E-state index >= 15 is 0 Å². The Morgan fingerprint density at radius 3 is 2.42 bits per heavy atom. The fourth-order valence-corrected chi connectivity index (χ4v) is 4.52. The number of carbonyl (C=O) groups excluding carboxylic acids is 1. The Morgan fingerprint density at radius 2 is 1.81 bits per heavy atom. The Kier molecular flexibility index (Phi) is 6.28. The maximum Gasteiger partial charge on any atom is 0.256 e. The monoisotopic (exact) mass is 395 g/mol. The van der Waals surface area contributed by atoms with Crippen LogP contribution in [0.25, 0.3) is 0 Å².